The van der Waals surface area contributed by atoms with Gasteiger partial charge in [-0.3, -0.25) is 4.74 Å². The zero-order valence-corrected chi connectivity index (χ0v) is 8.54. The number of anilines is 1. The summed E-state index contributed by atoms with van der Waals surface area (Å²) in [6.07, 6.45) is -3.12. The van der Waals surface area contributed by atoms with Gasteiger partial charge in [0.1, 0.15) is 0 Å². The average molecular weight is 236 g/mol. The molecule has 0 saturated heterocycles. The molecule has 0 aliphatic rings. The standard InChI is InChI=1S/C9H11F3N2O2/c1-15-8-3-2-7(6-14-8)13-4-5-16-9(10,11)12/h2-3,6,13H,4-5H2,1H3. The molecule has 0 unspecified atom stereocenters. The van der Waals surface area contributed by atoms with E-state index < -0.39 is 13.0 Å². The zero-order chi connectivity index (χ0) is 12.0. The summed E-state index contributed by atoms with van der Waals surface area (Å²) < 4.78 is 43.2. The minimum Gasteiger partial charge on any atom is -0.481 e. The molecule has 0 aromatic carbocycles. The molecule has 0 bridgehead atoms. The first-order valence-corrected chi connectivity index (χ1v) is 4.46. The molecule has 1 heterocycles. The first kappa shape index (κ1) is 12.6. The molecular formula is C9H11F3N2O2. The highest BCUT2D eigenvalue weighted by Gasteiger charge is 2.28. The monoisotopic (exact) mass is 236 g/mol. The van der Waals surface area contributed by atoms with E-state index in [1.807, 2.05) is 0 Å². The van der Waals surface area contributed by atoms with Crippen LogP contribution in [0.15, 0.2) is 18.3 Å². The first-order valence-electron chi connectivity index (χ1n) is 4.46. The molecule has 1 N–H and O–H groups in total. The fraction of sp³-hybridized carbons (Fsp3) is 0.444. The van der Waals surface area contributed by atoms with Crippen LogP contribution in [-0.2, 0) is 4.74 Å². The highest BCUT2D eigenvalue weighted by Crippen LogP contribution is 2.15. The number of hydrogen-bond acceptors (Lipinski definition) is 4. The summed E-state index contributed by atoms with van der Waals surface area (Å²) in [4.78, 5) is 3.88. The molecule has 0 radical (unpaired) electrons. The molecular weight excluding hydrogens is 225 g/mol. The minimum atomic E-state index is -4.58. The summed E-state index contributed by atoms with van der Waals surface area (Å²) in [6.45, 7) is -0.400. The highest BCUT2D eigenvalue weighted by atomic mass is 19.4. The third kappa shape index (κ3) is 4.83. The Morgan fingerprint density at radius 3 is 2.62 bits per heavy atom. The van der Waals surface area contributed by atoms with Gasteiger partial charge in [-0.2, -0.15) is 0 Å². The number of nitrogens with one attached hydrogen (secondary N) is 1. The van der Waals surface area contributed by atoms with Crippen molar-refractivity contribution < 1.29 is 22.6 Å². The van der Waals surface area contributed by atoms with Crippen LogP contribution in [0.4, 0.5) is 18.9 Å². The maximum Gasteiger partial charge on any atom is 0.522 e. The second-order valence-electron chi connectivity index (χ2n) is 2.81. The Morgan fingerprint density at radius 1 is 1.38 bits per heavy atom. The summed E-state index contributed by atoms with van der Waals surface area (Å²) in [6, 6.07) is 3.26. The topological polar surface area (TPSA) is 43.4 Å². The lowest BCUT2D eigenvalue weighted by atomic mass is 10.4. The normalized spacial score (nSPS) is 11.2. The van der Waals surface area contributed by atoms with Crippen molar-refractivity contribution in [2.24, 2.45) is 0 Å². The van der Waals surface area contributed by atoms with Crippen LogP contribution in [0.5, 0.6) is 5.88 Å². The number of aromatic nitrogens is 1. The van der Waals surface area contributed by atoms with Gasteiger partial charge in [-0.15, -0.1) is 13.2 Å². The van der Waals surface area contributed by atoms with E-state index in [9.17, 15) is 13.2 Å². The van der Waals surface area contributed by atoms with Gasteiger partial charge in [-0.1, -0.05) is 0 Å². The quantitative estimate of drug-likeness (QED) is 0.794. The van der Waals surface area contributed by atoms with Gasteiger partial charge in [0.15, 0.2) is 0 Å². The Hall–Kier alpha value is -1.50. The average Bonchev–Trinajstić information content (AvgIpc) is 2.24. The number of alkyl halides is 3. The van der Waals surface area contributed by atoms with Gasteiger partial charge >= 0.3 is 6.36 Å². The molecule has 0 atom stereocenters. The summed E-state index contributed by atoms with van der Waals surface area (Å²) in [5.41, 5.74) is 0.603. The Bertz CT molecular complexity index is 314. The van der Waals surface area contributed by atoms with E-state index in [-0.39, 0.29) is 6.54 Å². The number of methoxy groups -OCH3 is 1. The largest absolute Gasteiger partial charge is 0.522 e. The van der Waals surface area contributed by atoms with Crippen molar-refractivity contribution >= 4 is 5.69 Å². The van der Waals surface area contributed by atoms with Crippen LogP contribution < -0.4 is 10.1 Å². The molecule has 1 rings (SSSR count). The number of rotatable bonds is 5. The lowest BCUT2D eigenvalue weighted by Gasteiger charge is -2.09. The molecule has 4 nitrogen and oxygen atoms in total. The fourth-order valence-electron chi connectivity index (χ4n) is 0.968. The Balaban J connectivity index is 2.27. The van der Waals surface area contributed by atoms with Gasteiger partial charge < -0.3 is 10.1 Å². The van der Waals surface area contributed by atoms with Crippen molar-refractivity contribution in [1.82, 2.24) is 4.98 Å². The first-order chi connectivity index (χ1) is 7.51. The number of hydrogen-bond donors (Lipinski definition) is 1. The van der Waals surface area contributed by atoms with Crippen molar-refractivity contribution in [3.05, 3.63) is 18.3 Å². The number of nitrogens with zero attached hydrogens (tertiary/aromatic N) is 1. The van der Waals surface area contributed by atoms with Gasteiger partial charge in [0.05, 0.1) is 25.6 Å². The summed E-state index contributed by atoms with van der Waals surface area (Å²) in [5.74, 6) is 0.442. The molecule has 0 saturated carbocycles. The zero-order valence-electron chi connectivity index (χ0n) is 8.54. The van der Waals surface area contributed by atoms with Crippen molar-refractivity contribution in [3.63, 3.8) is 0 Å². The van der Waals surface area contributed by atoms with E-state index in [2.05, 4.69) is 15.0 Å². The van der Waals surface area contributed by atoms with Crippen molar-refractivity contribution in [3.8, 4) is 5.88 Å². The SMILES string of the molecule is COc1ccc(NCCOC(F)(F)F)cn1. The summed E-state index contributed by atoms with van der Waals surface area (Å²) in [5, 5.41) is 2.73. The van der Waals surface area contributed by atoms with Gasteiger partial charge in [0.2, 0.25) is 5.88 Å². The van der Waals surface area contributed by atoms with Crippen molar-refractivity contribution in [1.29, 1.82) is 0 Å². The summed E-state index contributed by atoms with van der Waals surface area (Å²) >= 11 is 0. The van der Waals surface area contributed by atoms with E-state index >= 15 is 0 Å². The molecule has 1 aromatic rings. The number of ether oxygens (including phenoxy) is 2. The summed E-state index contributed by atoms with van der Waals surface area (Å²) in [7, 11) is 1.48. The predicted molar refractivity (Wildman–Crippen MR) is 51.3 cm³/mol. The lowest BCUT2D eigenvalue weighted by Crippen LogP contribution is -2.19. The fourth-order valence-corrected chi connectivity index (χ4v) is 0.968. The molecule has 0 aliphatic carbocycles. The van der Waals surface area contributed by atoms with E-state index in [1.54, 1.807) is 12.1 Å². The molecule has 0 spiro atoms. The van der Waals surface area contributed by atoms with Gasteiger partial charge in [-0.05, 0) is 6.07 Å². The van der Waals surface area contributed by atoms with E-state index in [0.717, 1.165) is 0 Å². The minimum absolute atomic E-state index is 0.0491. The third-order valence-electron chi connectivity index (χ3n) is 1.64. The molecule has 90 valence electrons. The van der Waals surface area contributed by atoms with Crippen LogP contribution in [0.3, 0.4) is 0 Å². The molecule has 16 heavy (non-hydrogen) atoms. The Kier molecular flexibility index (Phi) is 4.36. The molecule has 1 aromatic heterocycles. The van der Waals surface area contributed by atoms with Crippen LogP contribution in [0, 0.1) is 0 Å². The molecule has 0 amide bonds. The Labute approximate surface area is 90.4 Å². The maximum atomic E-state index is 11.6. The predicted octanol–water partition coefficient (Wildman–Crippen LogP) is 2.04. The number of halogens is 3. The van der Waals surface area contributed by atoms with Crippen molar-refractivity contribution in [2.75, 3.05) is 25.6 Å². The van der Waals surface area contributed by atoms with Crippen LogP contribution in [0.25, 0.3) is 0 Å². The highest BCUT2D eigenvalue weighted by molar-refractivity contribution is 5.41. The van der Waals surface area contributed by atoms with Gasteiger partial charge in [0.25, 0.3) is 0 Å². The Morgan fingerprint density at radius 2 is 2.12 bits per heavy atom. The van der Waals surface area contributed by atoms with Gasteiger partial charge in [0, 0.05) is 12.6 Å². The van der Waals surface area contributed by atoms with Crippen LogP contribution in [0.2, 0.25) is 0 Å². The molecule has 0 aliphatic heterocycles. The van der Waals surface area contributed by atoms with Gasteiger partial charge in [-0.25, -0.2) is 4.98 Å². The third-order valence-corrected chi connectivity index (χ3v) is 1.64. The van der Waals surface area contributed by atoms with Crippen molar-refractivity contribution in [2.45, 2.75) is 6.36 Å². The van der Waals surface area contributed by atoms with E-state index in [1.165, 1.54) is 13.3 Å². The van der Waals surface area contributed by atoms with E-state index in [4.69, 9.17) is 4.74 Å². The second kappa shape index (κ2) is 5.55. The van der Waals surface area contributed by atoms with Crippen LogP contribution in [0.1, 0.15) is 0 Å². The lowest BCUT2D eigenvalue weighted by molar-refractivity contribution is -0.322. The second-order valence-corrected chi connectivity index (χ2v) is 2.81. The number of pyridine rings is 1. The van der Waals surface area contributed by atoms with Crippen LogP contribution in [-0.4, -0.2) is 31.6 Å². The molecule has 0 fully saturated rings. The molecule has 7 heteroatoms. The van der Waals surface area contributed by atoms with Crippen LogP contribution >= 0.6 is 0 Å². The maximum absolute atomic E-state index is 11.6. The van der Waals surface area contributed by atoms with E-state index in [0.29, 0.717) is 11.6 Å². The smallest absolute Gasteiger partial charge is 0.481 e.